The average Bonchev–Trinajstić information content (AvgIpc) is 3.34. The molecular formula is C20H21N5O6S. The Morgan fingerprint density at radius 2 is 1.81 bits per heavy atom. The summed E-state index contributed by atoms with van der Waals surface area (Å²) in [6.45, 7) is 0.617. The number of nitrogens with zero attached hydrogens (tertiary/aromatic N) is 3. The van der Waals surface area contributed by atoms with Gasteiger partial charge in [-0.25, -0.2) is 13.8 Å². The Hall–Kier alpha value is -3.64. The third kappa shape index (κ3) is 5.74. The Bertz CT molecular complexity index is 1140. The van der Waals surface area contributed by atoms with Crippen LogP contribution >= 0.6 is 0 Å². The minimum absolute atomic E-state index is 0.105. The van der Waals surface area contributed by atoms with E-state index in [1.54, 1.807) is 6.07 Å². The van der Waals surface area contributed by atoms with Gasteiger partial charge in [0.05, 0.1) is 22.6 Å². The Labute approximate surface area is 184 Å². The molecule has 0 atom stereocenters. The van der Waals surface area contributed by atoms with E-state index in [4.69, 9.17) is 0 Å². The summed E-state index contributed by atoms with van der Waals surface area (Å²) >= 11 is 0. The Kier molecular flexibility index (Phi) is 7.28. The van der Waals surface area contributed by atoms with Crippen molar-refractivity contribution in [3.8, 4) is 0 Å². The van der Waals surface area contributed by atoms with E-state index in [1.165, 1.54) is 53.0 Å². The van der Waals surface area contributed by atoms with Crippen LogP contribution in [0.4, 0.5) is 5.69 Å². The van der Waals surface area contributed by atoms with Gasteiger partial charge in [-0.3, -0.25) is 19.7 Å². The van der Waals surface area contributed by atoms with E-state index in [1.807, 2.05) is 0 Å². The minimum atomic E-state index is -3.56. The third-order valence-electron chi connectivity index (χ3n) is 4.71. The summed E-state index contributed by atoms with van der Waals surface area (Å²) in [4.78, 5) is 34.4. The van der Waals surface area contributed by atoms with E-state index in [2.05, 4.69) is 15.8 Å². The van der Waals surface area contributed by atoms with Crippen molar-refractivity contribution in [3.05, 3.63) is 69.8 Å². The molecule has 0 bridgehead atoms. The maximum Gasteiger partial charge on any atom is 0.270 e. The van der Waals surface area contributed by atoms with Gasteiger partial charge >= 0.3 is 0 Å². The summed E-state index contributed by atoms with van der Waals surface area (Å²) in [5.74, 6) is -1.15. The Morgan fingerprint density at radius 3 is 2.47 bits per heavy atom. The average molecular weight is 459 g/mol. The lowest BCUT2D eigenvalue weighted by molar-refractivity contribution is -0.384. The van der Waals surface area contributed by atoms with Crippen molar-refractivity contribution in [2.45, 2.75) is 17.7 Å². The van der Waals surface area contributed by atoms with Gasteiger partial charge in [0.2, 0.25) is 10.0 Å². The number of nitrogens with one attached hydrogen (secondary N) is 2. The molecule has 32 heavy (non-hydrogen) atoms. The van der Waals surface area contributed by atoms with Crippen LogP contribution in [0.2, 0.25) is 0 Å². The van der Waals surface area contributed by atoms with Crippen LogP contribution in [0.3, 0.4) is 0 Å². The van der Waals surface area contributed by atoms with Gasteiger partial charge in [0.15, 0.2) is 0 Å². The topological polar surface area (TPSA) is 151 Å². The lowest BCUT2D eigenvalue weighted by Crippen LogP contribution is -2.35. The number of nitro benzene ring substituents is 1. The standard InChI is InChI=1S/C20H21N5O6S/c26-19(23-22-13-15-4-3-5-17(12-15)25(28)29)14-21-20(27)16-6-8-18(9-7-16)32(30,31)24-10-1-2-11-24/h3-9,12-13H,1-2,10-11,14H2,(H,21,27)(H,23,26)/b22-13+. The highest BCUT2D eigenvalue weighted by Gasteiger charge is 2.27. The monoisotopic (exact) mass is 459 g/mol. The number of hydrogen-bond donors (Lipinski definition) is 2. The van der Waals surface area contributed by atoms with Gasteiger partial charge in [-0.15, -0.1) is 0 Å². The van der Waals surface area contributed by atoms with Crippen LogP contribution in [0.1, 0.15) is 28.8 Å². The van der Waals surface area contributed by atoms with E-state index in [-0.39, 0.29) is 22.7 Å². The molecule has 0 spiro atoms. The van der Waals surface area contributed by atoms with Crippen LogP contribution < -0.4 is 10.7 Å². The van der Waals surface area contributed by atoms with Gasteiger partial charge in [0, 0.05) is 36.3 Å². The lowest BCUT2D eigenvalue weighted by atomic mass is 10.2. The first-order chi connectivity index (χ1) is 15.3. The molecule has 2 aromatic rings. The molecule has 1 fully saturated rings. The van der Waals surface area contributed by atoms with Gasteiger partial charge < -0.3 is 5.32 Å². The van der Waals surface area contributed by atoms with Crippen LogP contribution in [-0.2, 0) is 14.8 Å². The SMILES string of the molecule is O=C(CNC(=O)c1ccc(S(=O)(=O)N2CCCC2)cc1)N/N=C/c1cccc([N+](=O)[O-])c1. The fraction of sp³-hybridized carbons (Fsp3) is 0.250. The predicted octanol–water partition coefficient (Wildman–Crippen LogP) is 1.26. The summed E-state index contributed by atoms with van der Waals surface area (Å²) in [6.07, 6.45) is 2.90. The van der Waals surface area contributed by atoms with Crippen LogP contribution in [0, 0.1) is 10.1 Å². The minimum Gasteiger partial charge on any atom is -0.343 e. The van der Waals surface area contributed by atoms with Crippen LogP contribution in [0.5, 0.6) is 0 Å². The maximum absolute atomic E-state index is 12.5. The Balaban J connectivity index is 1.50. The maximum atomic E-state index is 12.5. The second-order valence-corrected chi connectivity index (χ2v) is 8.90. The number of amides is 2. The number of rotatable bonds is 8. The van der Waals surface area contributed by atoms with Crippen molar-refractivity contribution in [1.29, 1.82) is 0 Å². The van der Waals surface area contributed by atoms with Gasteiger partial charge in [0.1, 0.15) is 0 Å². The quantitative estimate of drug-likeness (QED) is 0.344. The highest BCUT2D eigenvalue weighted by molar-refractivity contribution is 7.89. The predicted molar refractivity (Wildman–Crippen MR) is 116 cm³/mol. The zero-order valence-electron chi connectivity index (χ0n) is 16.9. The summed E-state index contributed by atoms with van der Waals surface area (Å²) in [5, 5.41) is 16.9. The number of hydrazone groups is 1. The molecular weight excluding hydrogens is 438 g/mol. The Morgan fingerprint density at radius 1 is 1.12 bits per heavy atom. The fourth-order valence-electron chi connectivity index (χ4n) is 3.06. The molecule has 1 heterocycles. The zero-order chi connectivity index (χ0) is 23.1. The van der Waals surface area contributed by atoms with Crippen molar-refractivity contribution in [3.63, 3.8) is 0 Å². The number of carbonyl (C=O) groups excluding carboxylic acids is 2. The number of nitro groups is 1. The fourth-order valence-corrected chi connectivity index (χ4v) is 4.57. The molecule has 3 rings (SSSR count). The van der Waals surface area contributed by atoms with Crippen LogP contribution in [0.15, 0.2) is 58.5 Å². The molecule has 2 aromatic carbocycles. The molecule has 2 amide bonds. The molecule has 0 aromatic heterocycles. The van der Waals surface area contributed by atoms with E-state index < -0.39 is 26.8 Å². The van der Waals surface area contributed by atoms with E-state index in [0.29, 0.717) is 18.7 Å². The van der Waals surface area contributed by atoms with Gasteiger partial charge in [-0.05, 0) is 37.1 Å². The molecule has 168 valence electrons. The molecule has 0 saturated carbocycles. The zero-order valence-corrected chi connectivity index (χ0v) is 17.7. The van der Waals surface area contributed by atoms with Gasteiger partial charge in [-0.1, -0.05) is 12.1 Å². The number of sulfonamides is 1. The number of hydrogen-bond acceptors (Lipinski definition) is 7. The van der Waals surface area contributed by atoms with Crippen LogP contribution in [0.25, 0.3) is 0 Å². The second kappa shape index (κ2) is 10.1. The van der Waals surface area contributed by atoms with Crippen molar-refractivity contribution in [1.82, 2.24) is 15.0 Å². The first kappa shape index (κ1) is 23.0. The molecule has 2 N–H and O–H groups in total. The second-order valence-electron chi connectivity index (χ2n) is 6.96. The van der Waals surface area contributed by atoms with E-state index in [0.717, 1.165) is 12.8 Å². The summed E-state index contributed by atoms with van der Waals surface area (Å²) in [5.41, 5.74) is 2.73. The van der Waals surface area contributed by atoms with Crippen LogP contribution in [-0.4, -0.2) is 55.3 Å². The largest absolute Gasteiger partial charge is 0.343 e. The summed E-state index contributed by atoms with van der Waals surface area (Å²) in [6, 6.07) is 11.2. The third-order valence-corrected chi connectivity index (χ3v) is 6.63. The highest BCUT2D eigenvalue weighted by Crippen LogP contribution is 2.21. The van der Waals surface area contributed by atoms with E-state index >= 15 is 0 Å². The van der Waals surface area contributed by atoms with Crippen molar-refractivity contribution >= 4 is 33.7 Å². The molecule has 1 aliphatic rings. The lowest BCUT2D eigenvalue weighted by Gasteiger charge is -2.15. The number of non-ortho nitro benzene ring substituents is 1. The first-order valence-corrected chi connectivity index (χ1v) is 11.2. The molecule has 1 saturated heterocycles. The van der Waals surface area contributed by atoms with Crippen molar-refractivity contribution < 1.29 is 22.9 Å². The van der Waals surface area contributed by atoms with Crippen molar-refractivity contribution in [2.24, 2.45) is 5.10 Å². The smallest absolute Gasteiger partial charge is 0.270 e. The molecule has 0 aliphatic carbocycles. The highest BCUT2D eigenvalue weighted by atomic mass is 32.2. The number of benzene rings is 2. The molecule has 12 heteroatoms. The van der Waals surface area contributed by atoms with Crippen molar-refractivity contribution in [2.75, 3.05) is 19.6 Å². The normalized spacial score (nSPS) is 14.4. The van der Waals surface area contributed by atoms with E-state index in [9.17, 15) is 28.1 Å². The molecule has 1 aliphatic heterocycles. The van der Waals surface area contributed by atoms with Gasteiger partial charge in [-0.2, -0.15) is 9.41 Å². The molecule has 0 radical (unpaired) electrons. The summed E-state index contributed by atoms with van der Waals surface area (Å²) < 4.78 is 26.4. The molecule has 0 unspecified atom stereocenters. The first-order valence-electron chi connectivity index (χ1n) is 9.72. The van der Waals surface area contributed by atoms with Gasteiger partial charge in [0.25, 0.3) is 17.5 Å². The molecule has 11 nitrogen and oxygen atoms in total. The summed E-state index contributed by atoms with van der Waals surface area (Å²) in [7, 11) is -3.56. The number of carbonyl (C=O) groups is 2.